The van der Waals surface area contributed by atoms with Crippen molar-refractivity contribution < 1.29 is 18.3 Å². The van der Waals surface area contributed by atoms with Crippen molar-refractivity contribution in [3.8, 4) is 5.75 Å². The Morgan fingerprint density at radius 1 is 1.40 bits per heavy atom. The number of halogens is 2. The topological polar surface area (TPSA) is 61.5 Å². The number of likely N-dealkylation sites (N-methyl/N-ethyl adjacent to an activating group) is 1. The van der Waals surface area contributed by atoms with E-state index in [9.17, 15) is 13.6 Å². The van der Waals surface area contributed by atoms with E-state index in [0.29, 0.717) is 16.8 Å². The standard InChI is InChI=1S/C17H20F2N4O2/c1-22(14-9-23-6-4-10(14)5-7-23)16(24)15-12-8-11(25-17(18)19)2-3-13(12)20-21-15/h2-3,8,10,14,17H,4-7,9H2,1H3,(H,20,21). The predicted octanol–water partition coefficient (Wildman–Crippen LogP) is 2.33. The van der Waals surface area contributed by atoms with Crippen molar-refractivity contribution >= 4 is 16.8 Å². The number of nitrogens with zero attached hydrogens (tertiary/aromatic N) is 3. The number of nitrogens with one attached hydrogen (secondary N) is 1. The molecule has 0 spiro atoms. The van der Waals surface area contributed by atoms with E-state index in [1.165, 1.54) is 12.1 Å². The summed E-state index contributed by atoms with van der Waals surface area (Å²) in [6.07, 6.45) is 2.21. The SMILES string of the molecule is CN(C(=O)c1n[nH]c2ccc(OC(F)F)cc12)C1CN2CCC1CC2. The largest absolute Gasteiger partial charge is 0.435 e. The van der Waals surface area contributed by atoms with Crippen molar-refractivity contribution in [3.63, 3.8) is 0 Å². The lowest BCUT2D eigenvalue weighted by molar-refractivity contribution is -0.0497. The number of carbonyl (C=O) groups excluding carboxylic acids is 1. The number of benzene rings is 1. The van der Waals surface area contributed by atoms with Crippen LogP contribution in [0.15, 0.2) is 18.2 Å². The van der Waals surface area contributed by atoms with Crippen LogP contribution in [0.4, 0.5) is 8.78 Å². The fourth-order valence-electron chi connectivity index (χ4n) is 4.02. The molecule has 3 fully saturated rings. The van der Waals surface area contributed by atoms with Crippen molar-refractivity contribution in [2.75, 3.05) is 26.7 Å². The number of aromatic amines is 1. The highest BCUT2D eigenvalue weighted by Gasteiger charge is 2.38. The number of hydrogen-bond acceptors (Lipinski definition) is 4. The molecular formula is C17H20F2N4O2. The summed E-state index contributed by atoms with van der Waals surface area (Å²) in [7, 11) is 1.80. The first-order chi connectivity index (χ1) is 12.0. The Hall–Kier alpha value is -2.22. The van der Waals surface area contributed by atoms with E-state index in [2.05, 4.69) is 19.8 Å². The summed E-state index contributed by atoms with van der Waals surface area (Å²) in [5.41, 5.74) is 0.862. The van der Waals surface area contributed by atoms with Crippen LogP contribution in [0.25, 0.3) is 10.9 Å². The molecule has 0 radical (unpaired) electrons. The van der Waals surface area contributed by atoms with E-state index >= 15 is 0 Å². The van der Waals surface area contributed by atoms with Crippen molar-refractivity contribution in [1.82, 2.24) is 20.0 Å². The second-order valence-electron chi connectivity index (χ2n) is 6.78. The fraction of sp³-hybridized carbons (Fsp3) is 0.529. The highest BCUT2D eigenvalue weighted by Crippen LogP contribution is 2.32. The predicted molar refractivity (Wildman–Crippen MR) is 87.8 cm³/mol. The average Bonchev–Trinajstić information content (AvgIpc) is 3.04. The smallest absolute Gasteiger partial charge is 0.387 e. The molecule has 4 heterocycles. The molecule has 2 aromatic rings. The molecule has 3 saturated heterocycles. The Morgan fingerprint density at radius 3 is 2.80 bits per heavy atom. The molecule has 1 atom stereocenters. The van der Waals surface area contributed by atoms with Crippen LogP contribution < -0.4 is 4.74 Å². The number of aromatic nitrogens is 2. The van der Waals surface area contributed by atoms with Gasteiger partial charge < -0.3 is 14.5 Å². The van der Waals surface area contributed by atoms with Gasteiger partial charge in [-0.15, -0.1) is 0 Å². The number of rotatable bonds is 4. The summed E-state index contributed by atoms with van der Waals surface area (Å²) in [5.74, 6) is 0.338. The van der Waals surface area contributed by atoms with Gasteiger partial charge in [-0.05, 0) is 50.0 Å². The second kappa shape index (κ2) is 6.25. The van der Waals surface area contributed by atoms with Gasteiger partial charge in [0.05, 0.1) is 5.52 Å². The molecule has 0 saturated carbocycles. The molecule has 1 aromatic carbocycles. The van der Waals surface area contributed by atoms with E-state index in [-0.39, 0.29) is 23.4 Å². The molecule has 1 unspecified atom stereocenters. The Morgan fingerprint density at radius 2 is 2.16 bits per heavy atom. The maximum Gasteiger partial charge on any atom is 0.387 e. The van der Waals surface area contributed by atoms with Crippen LogP contribution in [-0.2, 0) is 0 Å². The molecule has 1 aromatic heterocycles. The number of fused-ring (bicyclic) bond motifs is 4. The number of alkyl halides is 2. The summed E-state index contributed by atoms with van der Waals surface area (Å²) in [5, 5.41) is 7.41. The number of H-pyrrole nitrogens is 1. The minimum absolute atomic E-state index is 0.0171. The third kappa shape index (κ3) is 2.95. The monoisotopic (exact) mass is 350 g/mol. The lowest BCUT2D eigenvalue weighted by atomic mass is 9.83. The molecule has 25 heavy (non-hydrogen) atoms. The van der Waals surface area contributed by atoms with E-state index < -0.39 is 6.61 Å². The molecule has 0 aliphatic carbocycles. The van der Waals surface area contributed by atoms with Gasteiger partial charge in [0, 0.05) is 25.0 Å². The molecule has 3 aliphatic heterocycles. The first kappa shape index (κ1) is 16.3. The Bertz CT molecular complexity index is 786. The quantitative estimate of drug-likeness (QED) is 0.919. The van der Waals surface area contributed by atoms with Crippen LogP contribution >= 0.6 is 0 Å². The summed E-state index contributed by atoms with van der Waals surface area (Å²) in [6.45, 7) is 0.179. The number of hydrogen-bond donors (Lipinski definition) is 1. The Kier molecular flexibility index (Phi) is 4.07. The van der Waals surface area contributed by atoms with E-state index in [1.54, 1.807) is 18.0 Å². The van der Waals surface area contributed by atoms with Gasteiger partial charge in [-0.25, -0.2) is 0 Å². The van der Waals surface area contributed by atoms with Gasteiger partial charge in [0.25, 0.3) is 5.91 Å². The molecular weight excluding hydrogens is 330 g/mol. The normalized spacial score (nSPS) is 25.5. The first-order valence-corrected chi connectivity index (χ1v) is 8.45. The Labute approximate surface area is 143 Å². The average molecular weight is 350 g/mol. The fourth-order valence-corrected chi connectivity index (χ4v) is 4.02. The summed E-state index contributed by atoms with van der Waals surface area (Å²) >= 11 is 0. The van der Waals surface area contributed by atoms with Crippen LogP contribution in [0.2, 0.25) is 0 Å². The van der Waals surface area contributed by atoms with E-state index in [1.807, 2.05) is 0 Å². The van der Waals surface area contributed by atoms with Gasteiger partial charge in [-0.2, -0.15) is 13.9 Å². The summed E-state index contributed by atoms with van der Waals surface area (Å²) in [6, 6.07) is 4.62. The van der Waals surface area contributed by atoms with E-state index in [4.69, 9.17) is 0 Å². The third-order valence-electron chi connectivity index (χ3n) is 5.40. The van der Waals surface area contributed by atoms with Crippen LogP contribution in [0, 0.1) is 5.92 Å². The third-order valence-corrected chi connectivity index (χ3v) is 5.40. The van der Waals surface area contributed by atoms with Crippen molar-refractivity contribution in [2.24, 2.45) is 5.92 Å². The van der Waals surface area contributed by atoms with Crippen LogP contribution in [0.1, 0.15) is 23.3 Å². The van der Waals surface area contributed by atoms with Crippen molar-refractivity contribution in [3.05, 3.63) is 23.9 Å². The maximum atomic E-state index is 13.0. The Balaban J connectivity index is 1.61. The first-order valence-electron chi connectivity index (χ1n) is 8.45. The van der Waals surface area contributed by atoms with Gasteiger partial charge in [0.1, 0.15) is 5.75 Å². The molecule has 2 bridgehead atoms. The number of carbonyl (C=O) groups is 1. The molecule has 8 heteroatoms. The van der Waals surface area contributed by atoms with Gasteiger partial charge in [-0.1, -0.05) is 0 Å². The molecule has 5 rings (SSSR count). The zero-order chi connectivity index (χ0) is 17.6. The second-order valence-corrected chi connectivity index (χ2v) is 6.78. The molecule has 134 valence electrons. The van der Waals surface area contributed by atoms with Crippen LogP contribution in [0.5, 0.6) is 5.75 Å². The van der Waals surface area contributed by atoms with Crippen LogP contribution in [0.3, 0.4) is 0 Å². The molecule has 3 aliphatic rings. The van der Waals surface area contributed by atoms with Crippen LogP contribution in [-0.4, -0.2) is 65.2 Å². The van der Waals surface area contributed by atoms with Crippen molar-refractivity contribution in [2.45, 2.75) is 25.5 Å². The number of ether oxygens (including phenoxy) is 1. The van der Waals surface area contributed by atoms with Gasteiger partial charge in [-0.3, -0.25) is 9.89 Å². The van der Waals surface area contributed by atoms with Gasteiger partial charge in [0.2, 0.25) is 0 Å². The van der Waals surface area contributed by atoms with Gasteiger partial charge in [0.15, 0.2) is 5.69 Å². The zero-order valence-corrected chi connectivity index (χ0v) is 13.9. The number of amides is 1. The summed E-state index contributed by atoms with van der Waals surface area (Å²) in [4.78, 5) is 17.1. The maximum absolute atomic E-state index is 13.0. The molecule has 6 nitrogen and oxygen atoms in total. The highest BCUT2D eigenvalue weighted by molar-refractivity contribution is 6.05. The minimum Gasteiger partial charge on any atom is -0.435 e. The minimum atomic E-state index is -2.90. The molecule has 1 amide bonds. The zero-order valence-electron chi connectivity index (χ0n) is 13.9. The molecule has 1 N–H and O–H groups in total. The van der Waals surface area contributed by atoms with Gasteiger partial charge >= 0.3 is 6.61 Å². The number of piperidine rings is 3. The summed E-state index contributed by atoms with van der Waals surface area (Å²) < 4.78 is 29.3. The highest BCUT2D eigenvalue weighted by atomic mass is 19.3. The lowest BCUT2D eigenvalue weighted by Crippen LogP contribution is -2.57. The van der Waals surface area contributed by atoms with E-state index in [0.717, 1.165) is 32.5 Å². The van der Waals surface area contributed by atoms with Crippen molar-refractivity contribution in [1.29, 1.82) is 0 Å². The lowest BCUT2D eigenvalue weighted by Gasteiger charge is -2.47.